The van der Waals surface area contributed by atoms with Gasteiger partial charge in [0, 0.05) is 19.6 Å². The van der Waals surface area contributed by atoms with E-state index in [9.17, 15) is 14.4 Å². The lowest BCUT2D eigenvalue weighted by Gasteiger charge is -2.44. The fourth-order valence-corrected chi connectivity index (χ4v) is 2.38. The first-order valence-electron chi connectivity index (χ1n) is 6.53. The molecule has 0 saturated carbocycles. The average Bonchev–Trinajstić information content (AvgIpc) is 2.41. The number of ether oxygens (including phenoxy) is 1. The fourth-order valence-electron chi connectivity index (χ4n) is 2.38. The Morgan fingerprint density at radius 2 is 2.10 bits per heavy atom. The number of nitrogens with zero attached hydrogens (tertiary/aromatic N) is 2. The third kappa shape index (κ3) is 2.55. The van der Waals surface area contributed by atoms with Gasteiger partial charge in [-0.1, -0.05) is 0 Å². The van der Waals surface area contributed by atoms with Crippen LogP contribution in [0.4, 0.5) is 4.79 Å². The predicted octanol–water partition coefficient (Wildman–Crippen LogP) is -0.898. The number of carbonyl (C=O) groups excluding carboxylic acids is 2. The fraction of sp³-hybridized carbons (Fsp3) is 0.750. The van der Waals surface area contributed by atoms with Crippen molar-refractivity contribution in [2.75, 3.05) is 32.8 Å². The highest BCUT2D eigenvalue weighted by Crippen LogP contribution is 2.20. The summed E-state index contributed by atoms with van der Waals surface area (Å²) >= 11 is 0. The Bertz CT molecular complexity index is 437. The second kappa shape index (κ2) is 5.28. The van der Waals surface area contributed by atoms with Crippen LogP contribution in [0.2, 0.25) is 0 Å². The van der Waals surface area contributed by atoms with Crippen LogP contribution in [0.15, 0.2) is 0 Å². The lowest BCUT2D eigenvalue weighted by molar-refractivity contribution is -0.155. The van der Waals surface area contributed by atoms with Gasteiger partial charge in [0.25, 0.3) is 0 Å². The summed E-state index contributed by atoms with van der Waals surface area (Å²) < 4.78 is 5.09. The molecule has 0 radical (unpaired) electrons. The van der Waals surface area contributed by atoms with Crippen molar-refractivity contribution in [1.82, 2.24) is 15.1 Å². The molecular formula is C12H19N3O5. The minimum absolute atomic E-state index is 0.00235. The van der Waals surface area contributed by atoms with E-state index >= 15 is 0 Å². The monoisotopic (exact) mass is 285 g/mol. The molecule has 8 nitrogen and oxygen atoms in total. The second-order valence-corrected chi connectivity index (χ2v) is 5.39. The summed E-state index contributed by atoms with van der Waals surface area (Å²) in [7, 11) is 0. The van der Waals surface area contributed by atoms with Gasteiger partial charge in [0.15, 0.2) is 6.10 Å². The number of carboxylic acid groups (broad SMARTS) is 1. The minimum Gasteiger partial charge on any atom is -0.479 e. The number of hydrogen-bond donors (Lipinski definition) is 2. The van der Waals surface area contributed by atoms with Crippen LogP contribution >= 0.6 is 0 Å². The number of rotatable bonds is 1. The van der Waals surface area contributed by atoms with Crippen molar-refractivity contribution in [3.8, 4) is 0 Å². The van der Waals surface area contributed by atoms with Gasteiger partial charge in [-0.2, -0.15) is 0 Å². The highest BCUT2D eigenvalue weighted by molar-refractivity contribution is 5.91. The van der Waals surface area contributed by atoms with Gasteiger partial charge < -0.3 is 25.0 Å². The molecule has 2 N–H and O–H groups in total. The molecule has 0 aromatic carbocycles. The van der Waals surface area contributed by atoms with E-state index in [1.165, 1.54) is 9.80 Å². The Balaban J connectivity index is 2.10. The van der Waals surface area contributed by atoms with Crippen molar-refractivity contribution >= 4 is 17.9 Å². The standard InChI is InChI=1S/C12H19N3O5/c1-12(2)10(18)13-3-4-15(12)11(19)14-5-6-20-8(7-14)9(16)17/h8H,3-7H2,1-2H3,(H,13,18)(H,16,17). The molecule has 2 heterocycles. The van der Waals surface area contributed by atoms with Crippen LogP contribution < -0.4 is 5.32 Å². The van der Waals surface area contributed by atoms with Gasteiger partial charge in [-0.3, -0.25) is 4.79 Å². The van der Waals surface area contributed by atoms with Crippen LogP contribution in [0.25, 0.3) is 0 Å². The molecule has 112 valence electrons. The van der Waals surface area contributed by atoms with Crippen LogP contribution in [-0.2, 0) is 14.3 Å². The zero-order chi connectivity index (χ0) is 14.9. The summed E-state index contributed by atoms with van der Waals surface area (Å²) in [5.41, 5.74) is -0.938. The van der Waals surface area contributed by atoms with Crippen molar-refractivity contribution in [3.05, 3.63) is 0 Å². The number of piperazine rings is 1. The Hall–Kier alpha value is -1.83. The molecule has 0 aromatic rings. The van der Waals surface area contributed by atoms with Crippen molar-refractivity contribution in [2.45, 2.75) is 25.5 Å². The Kier molecular flexibility index (Phi) is 3.85. The highest BCUT2D eigenvalue weighted by atomic mass is 16.5. The first-order chi connectivity index (χ1) is 9.34. The van der Waals surface area contributed by atoms with Crippen LogP contribution in [0, 0.1) is 0 Å². The average molecular weight is 285 g/mol. The molecule has 0 bridgehead atoms. The quantitative estimate of drug-likeness (QED) is 0.650. The molecule has 8 heteroatoms. The van der Waals surface area contributed by atoms with E-state index in [1.54, 1.807) is 13.8 Å². The molecule has 2 aliphatic heterocycles. The molecule has 1 atom stereocenters. The number of nitrogens with one attached hydrogen (secondary N) is 1. The third-order valence-corrected chi connectivity index (χ3v) is 3.69. The molecular weight excluding hydrogens is 266 g/mol. The first kappa shape index (κ1) is 14.6. The van der Waals surface area contributed by atoms with Crippen molar-refractivity contribution in [3.63, 3.8) is 0 Å². The van der Waals surface area contributed by atoms with Gasteiger partial charge in [0.1, 0.15) is 5.54 Å². The summed E-state index contributed by atoms with van der Waals surface area (Å²) in [6.07, 6.45) is -1.01. The number of amides is 3. The number of morpholine rings is 1. The van der Waals surface area contributed by atoms with Gasteiger partial charge in [0.2, 0.25) is 5.91 Å². The molecule has 2 aliphatic rings. The van der Waals surface area contributed by atoms with E-state index in [0.717, 1.165) is 0 Å². The molecule has 2 rings (SSSR count). The molecule has 0 aliphatic carbocycles. The van der Waals surface area contributed by atoms with Gasteiger partial charge in [0.05, 0.1) is 13.2 Å². The van der Waals surface area contributed by atoms with E-state index in [-0.39, 0.29) is 25.1 Å². The third-order valence-electron chi connectivity index (χ3n) is 3.69. The topological polar surface area (TPSA) is 99.2 Å². The first-order valence-corrected chi connectivity index (χ1v) is 6.53. The van der Waals surface area contributed by atoms with Gasteiger partial charge >= 0.3 is 12.0 Å². The summed E-state index contributed by atoms with van der Waals surface area (Å²) in [5.74, 6) is -1.29. The van der Waals surface area contributed by atoms with Crippen molar-refractivity contribution < 1.29 is 24.2 Å². The minimum atomic E-state index is -1.09. The molecule has 2 saturated heterocycles. The SMILES string of the molecule is CC1(C)C(=O)NCCN1C(=O)N1CCOC(C(=O)O)C1. The highest BCUT2D eigenvalue weighted by Gasteiger charge is 2.43. The molecule has 0 aromatic heterocycles. The van der Waals surface area contributed by atoms with Crippen molar-refractivity contribution in [2.24, 2.45) is 0 Å². The van der Waals surface area contributed by atoms with Crippen LogP contribution in [0.5, 0.6) is 0 Å². The second-order valence-electron chi connectivity index (χ2n) is 5.39. The van der Waals surface area contributed by atoms with Crippen LogP contribution in [-0.4, -0.2) is 77.2 Å². The predicted molar refractivity (Wildman–Crippen MR) is 68.1 cm³/mol. The number of aliphatic carboxylic acids is 1. The summed E-state index contributed by atoms with van der Waals surface area (Å²) in [6, 6.07) is -0.320. The molecule has 20 heavy (non-hydrogen) atoms. The lowest BCUT2D eigenvalue weighted by atomic mass is 9.99. The maximum absolute atomic E-state index is 12.5. The smallest absolute Gasteiger partial charge is 0.334 e. The molecule has 0 spiro atoms. The summed E-state index contributed by atoms with van der Waals surface area (Å²) in [5, 5.41) is 11.7. The zero-order valence-corrected chi connectivity index (χ0v) is 11.6. The number of hydrogen-bond acceptors (Lipinski definition) is 4. The van der Waals surface area contributed by atoms with Crippen molar-refractivity contribution in [1.29, 1.82) is 0 Å². The normalized spacial score (nSPS) is 26.1. The largest absolute Gasteiger partial charge is 0.479 e. The number of carboxylic acids is 1. The van der Waals surface area contributed by atoms with Crippen LogP contribution in [0.3, 0.4) is 0 Å². The van der Waals surface area contributed by atoms with E-state index in [2.05, 4.69) is 5.32 Å². The van der Waals surface area contributed by atoms with E-state index in [1.807, 2.05) is 0 Å². The van der Waals surface area contributed by atoms with E-state index in [4.69, 9.17) is 9.84 Å². The Morgan fingerprint density at radius 3 is 2.75 bits per heavy atom. The summed E-state index contributed by atoms with van der Waals surface area (Å²) in [4.78, 5) is 38.2. The van der Waals surface area contributed by atoms with E-state index < -0.39 is 17.6 Å². The molecule has 1 unspecified atom stereocenters. The maximum Gasteiger partial charge on any atom is 0.334 e. The van der Waals surface area contributed by atoms with E-state index in [0.29, 0.717) is 19.6 Å². The van der Waals surface area contributed by atoms with Gasteiger partial charge in [-0.25, -0.2) is 9.59 Å². The Labute approximate surface area is 116 Å². The lowest BCUT2D eigenvalue weighted by Crippen LogP contribution is -2.66. The van der Waals surface area contributed by atoms with Crippen LogP contribution in [0.1, 0.15) is 13.8 Å². The maximum atomic E-state index is 12.5. The Morgan fingerprint density at radius 1 is 1.40 bits per heavy atom. The molecule has 2 fully saturated rings. The number of urea groups is 1. The van der Waals surface area contributed by atoms with Gasteiger partial charge in [-0.15, -0.1) is 0 Å². The zero-order valence-electron chi connectivity index (χ0n) is 11.6. The summed E-state index contributed by atoms with van der Waals surface area (Å²) in [6.45, 7) is 4.68. The number of carbonyl (C=O) groups is 3. The van der Waals surface area contributed by atoms with Gasteiger partial charge in [-0.05, 0) is 13.8 Å². The molecule has 3 amide bonds.